The second-order valence-electron chi connectivity index (χ2n) is 4.69. The molecule has 0 saturated carbocycles. The Morgan fingerprint density at radius 2 is 1.82 bits per heavy atom. The van der Waals surface area contributed by atoms with Gasteiger partial charge in [0.2, 0.25) is 5.91 Å². The number of hydrogen-bond donors (Lipinski definition) is 3. The number of rotatable bonds is 8. The summed E-state index contributed by atoms with van der Waals surface area (Å²) in [6.07, 6.45) is 0.819. The lowest BCUT2D eigenvalue weighted by Crippen LogP contribution is -2.37. The van der Waals surface area contributed by atoms with Crippen molar-refractivity contribution in [1.29, 1.82) is 0 Å². The molecule has 0 unspecified atom stereocenters. The van der Waals surface area contributed by atoms with Crippen molar-refractivity contribution in [3.63, 3.8) is 0 Å². The quantitative estimate of drug-likeness (QED) is 0.653. The summed E-state index contributed by atoms with van der Waals surface area (Å²) in [5, 5.41) is 12.2. The van der Waals surface area contributed by atoms with Crippen LogP contribution in [0.4, 0.5) is 5.69 Å². The Hall–Kier alpha value is -2.34. The molecule has 5 nitrogen and oxygen atoms in total. The third-order valence-corrected chi connectivity index (χ3v) is 3.65. The normalized spacial score (nSPS) is 10.0. The number of hydrogen-bond acceptors (Lipinski definition) is 4. The van der Waals surface area contributed by atoms with Crippen LogP contribution in [0.25, 0.3) is 0 Å². The molecule has 116 valence electrons. The Kier molecular flexibility index (Phi) is 6.44. The lowest BCUT2D eigenvalue weighted by Gasteiger charge is -2.08. The number of thiophene rings is 1. The number of carbonyl (C=O) groups is 2. The molecule has 2 amide bonds. The van der Waals surface area contributed by atoms with Crippen LogP contribution in [-0.2, 0) is 4.79 Å². The number of para-hydroxylation sites is 1. The van der Waals surface area contributed by atoms with E-state index in [1.54, 1.807) is 11.4 Å². The smallest absolute Gasteiger partial charge is 0.252 e. The van der Waals surface area contributed by atoms with Crippen molar-refractivity contribution in [1.82, 2.24) is 10.6 Å². The van der Waals surface area contributed by atoms with Crippen molar-refractivity contribution >= 4 is 28.8 Å². The van der Waals surface area contributed by atoms with Gasteiger partial charge in [-0.2, -0.15) is 11.3 Å². The van der Waals surface area contributed by atoms with Gasteiger partial charge in [0.05, 0.1) is 6.54 Å². The molecule has 0 spiro atoms. The van der Waals surface area contributed by atoms with Crippen molar-refractivity contribution in [2.45, 2.75) is 6.42 Å². The first-order chi connectivity index (χ1) is 10.8. The van der Waals surface area contributed by atoms with Gasteiger partial charge in [-0.05, 0) is 30.0 Å². The first kappa shape index (κ1) is 16.0. The number of carbonyl (C=O) groups excluding carboxylic acids is 2. The first-order valence-corrected chi connectivity index (χ1v) is 8.06. The van der Waals surface area contributed by atoms with Crippen molar-refractivity contribution in [2.75, 3.05) is 25.0 Å². The lowest BCUT2D eigenvalue weighted by molar-refractivity contribution is -0.120. The highest BCUT2D eigenvalue weighted by molar-refractivity contribution is 7.08. The summed E-state index contributed by atoms with van der Waals surface area (Å²) in [6, 6.07) is 11.6. The molecule has 0 atom stereocenters. The van der Waals surface area contributed by atoms with Crippen molar-refractivity contribution in [2.24, 2.45) is 0 Å². The Morgan fingerprint density at radius 3 is 2.55 bits per heavy atom. The van der Waals surface area contributed by atoms with E-state index in [4.69, 9.17) is 0 Å². The molecule has 0 bridgehead atoms. The zero-order valence-corrected chi connectivity index (χ0v) is 13.0. The molecule has 1 aromatic heterocycles. The molecular formula is C16H19N3O2S. The van der Waals surface area contributed by atoms with Crippen LogP contribution in [0.2, 0.25) is 0 Å². The Labute approximate surface area is 133 Å². The van der Waals surface area contributed by atoms with E-state index in [2.05, 4.69) is 16.0 Å². The van der Waals surface area contributed by atoms with Gasteiger partial charge in [-0.15, -0.1) is 0 Å². The van der Waals surface area contributed by atoms with E-state index in [1.165, 1.54) is 11.3 Å². The van der Waals surface area contributed by atoms with E-state index in [-0.39, 0.29) is 18.4 Å². The van der Waals surface area contributed by atoms with Crippen LogP contribution in [-0.4, -0.2) is 31.4 Å². The van der Waals surface area contributed by atoms with Crippen LogP contribution < -0.4 is 16.0 Å². The minimum Gasteiger partial charge on any atom is -0.385 e. The maximum absolute atomic E-state index is 11.6. The van der Waals surface area contributed by atoms with E-state index in [9.17, 15) is 9.59 Å². The maximum atomic E-state index is 11.6. The average molecular weight is 317 g/mol. The number of benzene rings is 1. The molecule has 3 N–H and O–H groups in total. The monoisotopic (exact) mass is 317 g/mol. The third kappa shape index (κ3) is 5.57. The van der Waals surface area contributed by atoms with Gasteiger partial charge in [-0.25, -0.2) is 0 Å². The van der Waals surface area contributed by atoms with Gasteiger partial charge >= 0.3 is 0 Å². The molecule has 0 aliphatic heterocycles. The summed E-state index contributed by atoms with van der Waals surface area (Å²) in [5.41, 5.74) is 1.65. The Morgan fingerprint density at radius 1 is 1.00 bits per heavy atom. The lowest BCUT2D eigenvalue weighted by atomic mass is 10.3. The topological polar surface area (TPSA) is 70.2 Å². The summed E-state index contributed by atoms with van der Waals surface area (Å²) in [5.74, 6) is -0.398. The number of amides is 2. The van der Waals surface area contributed by atoms with E-state index in [0.717, 1.165) is 18.7 Å². The molecule has 0 saturated heterocycles. The van der Waals surface area contributed by atoms with Crippen LogP contribution in [0.15, 0.2) is 47.2 Å². The Balaban J connectivity index is 1.53. The molecular weight excluding hydrogens is 298 g/mol. The van der Waals surface area contributed by atoms with Crippen LogP contribution in [0.1, 0.15) is 16.8 Å². The molecule has 0 radical (unpaired) electrons. The van der Waals surface area contributed by atoms with E-state index in [1.807, 2.05) is 35.7 Å². The average Bonchev–Trinajstić information content (AvgIpc) is 3.08. The predicted molar refractivity (Wildman–Crippen MR) is 89.2 cm³/mol. The van der Waals surface area contributed by atoms with Gasteiger partial charge < -0.3 is 16.0 Å². The van der Waals surface area contributed by atoms with Crippen LogP contribution in [0.5, 0.6) is 0 Å². The van der Waals surface area contributed by atoms with Crippen molar-refractivity contribution in [3.05, 3.63) is 52.7 Å². The molecule has 1 aromatic carbocycles. The van der Waals surface area contributed by atoms with Gasteiger partial charge in [0.25, 0.3) is 5.91 Å². The summed E-state index contributed by atoms with van der Waals surface area (Å²) in [6.45, 7) is 1.36. The fraction of sp³-hybridized carbons (Fsp3) is 0.250. The van der Waals surface area contributed by atoms with Crippen molar-refractivity contribution < 1.29 is 9.59 Å². The minimum absolute atomic E-state index is 0.000788. The van der Waals surface area contributed by atoms with E-state index >= 15 is 0 Å². The molecule has 22 heavy (non-hydrogen) atoms. The summed E-state index contributed by atoms with van der Waals surface area (Å²) >= 11 is 1.45. The van der Waals surface area contributed by atoms with Crippen LogP contribution >= 0.6 is 11.3 Å². The minimum atomic E-state index is -0.220. The molecule has 0 fully saturated rings. The van der Waals surface area contributed by atoms with Crippen LogP contribution in [0.3, 0.4) is 0 Å². The molecule has 1 heterocycles. The van der Waals surface area contributed by atoms with Gasteiger partial charge in [-0.1, -0.05) is 18.2 Å². The van der Waals surface area contributed by atoms with E-state index in [0.29, 0.717) is 12.1 Å². The second-order valence-corrected chi connectivity index (χ2v) is 5.47. The highest BCUT2D eigenvalue weighted by Gasteiger charge is 2.07. The second kappa shape index (κ2) is 8.84. The summed E-state index contributed by atoms with van der Waals surface area (Å²) in [7, 11) is 0. The number of anilines is 1. The third-order valence-electron chi connectivity index (χ3n) is 2.97. The van der Waals surface area contributed by atoms with Gasteiger partial charge in [0.1, 0.15) is 0 Å². The molecule has 0 aliphatic carbocycles. The van der Waals surface area contributed by atoms with E-state index < -0.39 is 0 Å². The molecule has 2 rings (SSSR count). The zero-order chi connectivity index (χ0) is 15.6. The number of nitrogens with one attached hydrogen (secondary N) is 3. The first-order valence-electron chi connectivity index (χ1n) is 7.12. The SMILES string of the molecule is O=C(CNC(=O)c1ccsc1)NCCCNc1ccccc1. The fourth-order valence-corrected chi connectivity index (χ4v) is 2.46. The Bertz CT molecular complexity index is 585. The molecule has 6 heteroatoms. The van der Waals surface area contributed by atoms with Gasteiger partial charge in [0.15, 0.2) is 0 Å². The molecule has 2 aromatic rings. The highest BCUT2D eigenvalue weighted by Crippen LogP contribution is 2.05. The van der Waals surface area contributed by atoms with Gasteiger partial charge in [0, 0.05) is 29.7 Å². The predicted octanol–water partition coefficient (Wildman–Crippen LogP) is 2.10. The van der Waals surface area contributed by atoms with Crippen molar-refractivity contribution in [3.8, 4) is 0 Å². The van der Waals surface area contributed by atoms with Gasteiger partial charge in [-0.3, -0.25) is 9.59 Å². The zero-order valence-electron chi connectivity index (χ0n) is 12.2. The maximum Gasteiger partial charge on any atom is 0.252 e. The summed E-state index contributed by atoms with van der Waals surface area (Å²) in [4.78, 5) is 23.3. The van der Waals surface area contributed by atoms with Crippen LogP contribution in [0, 0.1) is 0 Å². The fourth-order valence-electron chi connectivity index (χ4n) is 1.82. The summed E-state index contributed by atoms with van der Waals surface area (Å²) < 4.78 is 0. The molecule has 0 aliphatic rings. The highest BCUT2D eigenvalue weighted by atomic mass is 32.1. The standard InChI is InChI=1S/C16H19N3O2S/c20-15(11-19-16(21)13-7-10-22-12-13)18-9-4-8-17-14-5-2-1-3-6-14/h1-3,5-7,10,12,17H,4,8-9,11H2,(H,18,20)(H,19,21). The largest absolute Gasteiger partial charge is 0.385 e.